The van der Waals surface area contributed by atoms with Crippen LogP contribution in [0.5, 0.6) is 0 Å². The van der Waals surface area contributed by atoms with Crippen LogP contribution in [0.25, 0.3) is 0 Å². The minimum absolute atomic E-state index is 0.0694. The summed E-state index contributed by atoms with van der Waals surface area (Å²) in [6.45, 7) is 9.51. The zero-order valence-electron chi connectivity index (χ0n) is 22.4. The molecule has 5 rings (SSSR count). The maximum Gasteiger partial charge on any atom is 0.239 e. The molecule has 196 valence electrons. The Morgan fingerprint density at radius 3 is 2.62 bits per heavy atom. The van der Waals surface area contributed by atoms with Crippen LogP contribution in [-0.2, 0) is 4.79 Å². The number of carbonyl (C=O) groups excluding carboxylic acids is 1. The number of hydrogen-bond acceptors (Lipinski definition) is 7. The zero-order valence-corrected chi connectivity index (χ0v) is 23.2. The summed E-state index contributed by atoms with van der Waals surface area (Å²) < 4.78 is 5.48. The predicted octanol–water partition coefficient (Wildman–Crippen LogP) is 4.40. The number of nitrogens with one attached hydrogen (secondary N) is 1. The van der Waals surface area contributed by atoms with E-state index in [0.717, 1.165) is 61.1 Å². The van der Waals surface area contributed by atoms with Crippen LogP contribution in [0.2, 0.25) is 0 Å². The Hall–Kier alpha value is -3.13. The lowest BCUT2D eigenvalue weighted by Crippen LogP contribution is -2.51. The maximum atomic E-state index is 13.7. The molecule has 8 heteroatoms. The SMILES string of the molecule is CSC1CC=CC=C1N[C@H](C)C1=C2C=C(N3CCN(c4cc(C)no4)CC3)N(C)C(=O)C2C=CC(C)=C1. The van der Waals surface area contributed by atoms with Crippen molar-refractivity contribution in [2.45, 2.75) is 38.5 Å². The van der Waals surface area contributed by atoms with Gasteiger partial charge in [0.05, 0.1) is 11.6 Å². The molecule has 2 unspecified atom stereocenters. The lowest BCUT2D eigenvalue weighted by atomic mass is 9.87. The number of rotatable bonds is 6. The summed E-state index contributed by atoms with van der Waals surface area (Å²) in [4.78, 5) is 20.1. The average molecular weight is 520 g/mol. The Kier molecular flexibility index (Phi) is 7.38. The molecule has 1 aromatic heterocycles. The fourth-order valence-electron chi connectivity index (χ4n) is 5.49. The second-order valence-electron chi connectivity index (χ2n) is 10.2. The summed E-state index contributed by atoms with van der Waals surface area (Å²) in [5.74, 6) is 1.62. The van der Waals surface area contributed by atoms with E-state index in [4.69, 9.17) is 4.52 Å². The molecule has 1 N–H and O–H groups in total. The van der Waals surface area contributed by atoms with Crippen LogP contribution >= 0.6 is 11.8 Å². The molecule has 1 aromatic rings. The van der Waals surface area contributed by atoms with Crippen LogP contribution in [0.4, 0.5) is 5.88 Å². The predicted molar refractivity (Wildman–Crippen MR) is 151 cm³/mol. The largest absolute Gasteiger partial charge is 0.381 e. The molecule has 1 fully saturated rings. The number of thioether (sulfide) groups is 1. The minimum atomic E-state index is -0.281. The molecule has 1 saturated heterocycles. The van der Waals surface area contributed by atoms with Gasteiger partial charge in [-0.3, -0.25) is 4.79 Å². The van der Waals surface area contributed by atoms with Crippen molar-refractivity contribution in [3.8, 4) is 0 Å². The number of piperazine rings is 1. The Morgan fingerprint density at radius 2 is 1.92 bits per heavy atom. The summed E-state index contributed by atoms with van der Waals surface area (Å²) >= 11 is 1.87. The fourth-order valence-corrected chi connectivity index (χ4v) is 6.19. The third-order valence-corrected chi connectivity index (χ3v) is 8.62. The van der Waals surface area contributed by atoms with E-state index in [1.807, 2.05) is 36.7 Å². The van der Waals surface area contributed by atoms with E-state index < -0.39 is 0 Å². The van der Waals surface area contributed by atoms with E-state index in [2.05, 4.69) is 82.9 Å². The van der Waals surface area contributed by atoms with E-state index in [1.165, 1.54) is 11.3 Å². The number of allylic oxidation sites excluding steroid dienone is 6. The molecule has 1 amide bonds. The molecule has 4 aliphatic rings. The van der Waals surface area contributed by atoms with E-state index in [0.29, 0.717) is 5.25 Å². The molecule has 0 aromatic carbocycles. The summed E-state index contributed by atoms with van der Waals surface area (Å²) in [5.41, 5.74) is 5.56. The molecular weight excluding hydrogens is 482 g/mol. The Labute approximate surface area is 224 Å². The van der Waals surface area contributed by atoms with Crippen molar-refractivity contribution in [2.24, 2.45) is 5.92 Å². The van der Waals surface area contributed by atoms with Gasteiger partial charge in [0.2, 0.25) is 11.8 Å². The molecule has 3 atom stereocenters. The van der Waals surface area contributed by atoms with Crippen molar-refractivity contribution in [2.75, 3.05) is 44.4 Å². The van der Waals surface area contributed by atoms with Gasteiger partial charge in [-0.1, -0.05) is 41.1 Å². The number of fused-ring (bicyclic) bond motifs is 1. The lowest BCUT2D eigenvalue weighted by Gasteiger charge is -2.42. The molecule has 0 radical (unpaired) electrons. The molecule has 3 heterocycles. The highest BCUT2D eigenvalue weighted by Crippen LogP contribution is 2.35. The lowest BCUT2D eigenvalue weighted by molar-refractivity contribution is -0.131. The molecular formula is C29H37N5O2S. The fraction of sp³-hybridized carbons (Fsp3) is 0.448. The van der Waals surface area contributed by atoms with Gasteiger partial charge in [0.25, 0.3) is 0 Å². The van der Waals surface area contributed by atoms with Crippen molar-refractivity contribution in [1.29, 1.82) is 0 Å². The number of aryl methyl sites for hydroxylation is 1. The van der Waals surface area contributed by atoms with Gasteiger partial charge in [0.15, 0.2) is 0 Å². The number of hydrogen-bond donors (Lipinski definition) is 1. The number of carbonyl (C=O) groups is 1. The molecule has 0 saturated carbocycles. The second kappa shape index (κ2) is 10.7. The van der Waals surface area contributed by atoms with Crippen LogP contribution in [0.15, 0.2) is 81.4 Å². The second-order valence-corrected chi connectivity index (χ2v) is 11.2. The standard InChI is InChI=1S/C29H37N5O2S/c1-19-10-11-22-24(23(16-19)21(3)30-25-8-6-7-9-26(25)37-5)18-27(32(4)29(22)35)33-12-14-34(15-13-33)28-17-20(2)31-36-28/h6-8,10-11,16-18,21-22,26,30H,9,12-15H2,1-5H3/t21-,22?,26?/m1/s1. The first-order valence-corrected chi connectivity index (χ1v) is 14.3. The van der Waals surface area contributed by atoms with Crippen LogP contribution < -0.4 is 10.2 Å². The van der Waals surface area contributed by atoms with Gasteiger partial charge in [0, 0.05) is 56.3 Å². The molecule has 0 spiro atoms. The molecule has 2 aliphatic heterocycles. The average Bonchev–Trinajstić information content (AvgIpc) is 3.27. The van der Waals surface area contributed by atoms with Crippen LogP contribution in [-0.4, -0.2) is 71.6 Å². The molecule has 0 bridgehead atoms. The highest BCUT2D eigenvalue weighted by molar-refractivity contribution is 7.99. The highest BCUT2D eigenvalue weighted by Gasteiger charge is 2.36. The number of amides is 1. The van der Waals surface area contributed by atoms with Crippen molar-refractivity contribution in [3.05, 3.63) is 82.5 Å². The zero-order chi connectivity index (χ0) is 26.1. The van der Waals surface area contributed by atoms with Crippen LogP contribution in [0.3, 0.4) is 0 Å². The quantitative estimate of drug-likeness (QED) is 0.598. The van der Waals surface area contributed by atoms with Gasteiger partial charge in [-0.2, -0.15) is 11.8 Å². The Morgan fingerprint density at radius 1 is 1.16 bits per heavy atom. The maximum absolute atomic E-state index is 13.7. The highest BCUT2D eigenvalue weighted by atomic mass is 32.2. The Balaban J connectivity index is 1.44. The topological polar surface area (TPSA) is 64.8 Å². The van der Waals surface area contributed by atoms with E-state index in [1.54, 1.807) is 0 Å². The minimum Gasteiger partial charge on any atom is -0.381 e. The third kappa shape index (κ3) is 5.17. The number of aromatic nitrogens is 1. The Bertz CT molecular complexity index is 1230. The van der Waals surface area contributed by atoms with Crippen molar-refractivity contribution in [1.82, 2.24) is 20.3 Å². The van der Waals surface area contributed by atoms with Crippen LogP contribution in [0.1, 0.15) is 26.0 Å². The van der Waals surface area contributed by atoms with Gasteiger partial charge < -0.3 is 24.5 Å². The van der Waals surface area contributed by atoms with Gasteiger partial charge in [-0.15, -0.1) is 0 Å². The van der Waals surface area contributed by atoms with Gasteiger partial charge >= 0.3 is 0 Å². The molecule has 7 nitrogen and oxygen atoms in total. The van der Waals surface area contributed by atoms with Gasteiger partial charge in [-0.05, 0) is 56.7 Å². The first-order valence-electron chi connectivity index (χ1n) is 13.0. The summed E-state index contributed by atoms with van der Waals surface area (Å²) in [6, 6.07) is 2.05. The normalized spacial score (nSPS) is 24.9. The molecule has 37 heavy (non-hydrogen) atoms. The smallest absolute Gasteiger partial charge is 0.239 e. The van der Waals surface area contributed by atoms with Crippen molar-refractivity contribution in [3.63, 3.8) is 0 Å². The van der Waals surface area contributed by atoms with Crippen molar-refractivity contribution >= 4 is 23.6 Å². The first-order chi connectivity index (χ1) is 17.9. The van der Waals surface area contributed by atoms with E-state index >= 15 is 0 Å². The summed E-state index contributed by atoms with van der Waals surface area (Å²) in [7, 11) is 1.90. The summed E-state index contributed by atoms with van der Waals surface area (Å²) in [6.07, 6.45) is 18.4. The van der Waals surface area contributed by atoms with Crippen molar-refractivity contribution < 1.29 is 9.32 Å². The van der Waals surface area contributed by atoms with Gasteiger partial charge in [0.1, 0.15) is 5.82 Å². The summed E-state index contributed by atoms with van der Waals surface area (Å²) in [5, 5.41) is 8.25. The monoisotopic (exact) mass is 519 g/mol. The first kappa shape index (κ1) is 25.5. The molecule has 2 aliphatic carbocycles. The third-order valence-electron chi connectivity index (χ3n) is 7.60. The number of nitrogens with zero attached hydrogens (tertiary/aromatic N) is 4. The van der Waals surface area contributed by atoms with Gasteiger partial charge in [-0.25, -0.2) is 0 Å². The van der Waals surface area contributed by atoms with E-state index in [-0.39, 0.29) is 17.9 Å². The van der Waals surface area contributed by atoms with E-state index in [9.17, 15) is 4.79 Å². The number of anilines is 1. The van der Waals surface area contributed by atoms with Crippen LogP contribution in [0, 0.1) is 12.8 Å².